The molecule has 0 fully saturated rings. The fourth-order valence-electron chi connectivity index (χ4n) is 1.59. The van der Waals surface area contributed by atoms with Crippen molar-refractivity contribution < 1.29 is 13.5 Å². The van der Waals surface area contributed by atoms with E-state index in [-0.39, 0.29) is 11.8 Å². The molecule has 2 nitrogen and oxygen atoms in total. The Morgan fingerprint density at radius 3 is 2.47 bits per heavy atom. The minimum atomic E-state index is -2.79. The lowest BCUT2D eigenvalue weighted by Crippen LogP contribution is -2.16. The Balaban J connectivity index is 2.68. The average Bonchev–Trinajstić information content (AvgIpc) is 2.31. The Hall–Kier alpha value is -1.60. The van der Waals surface area contributed by atoms with Crippen molar-refractivity contribution >= 4 is 0 Å². The second-order valence-electron chi connectivity index (χ2n) is 3.53. The number of ether oxygens (including phenoxy) is 1. The Kier molecular flexibility index (Phi) is 5.44. The summed E-state index contributed by atoms with van der Waals surface area (Å²) < 4.78 is 28.2. The molecule has 1 aromatic carbocycles. The van der Waals surface area contributed by atoms with Gasteiger partial charge < -0.3 is 10.1 Å². The summed E-state index contributed by atoms with van der Waals surface area (Å²) in [7, 11) is 1.84. The molecule has 0 spiro atoms. The highest BCUT2D eigenvalue weighted by molar-refractivity contribution is 5.29. The fourth-order valence-corrected chi connectivity index (χ4v) is 1.59. The van der Waals surface area contributed by atoms with Gasteiger partial charge in [0.1, 0.15) is 5.75 Å². The van der Waals surface area contributed by atoms with Gasteiger partial charge in [-0.15, -0.1) is 12.3 Å². The van der Waals surface area contributed by atoms with Crippen LogP contribution in [0.3, 0.4) is 0 Å². The number of hydrogen-bond donors (Lipinski definition) is 1. The van der Waals surface area contributed by atoms with Gasteiger partial charge in [-0.3, -0.25) is 0 Å². The summed E-state index contributed by atoms with van der Waals surface area (Å²) in [6, 6.07) is 6.71. The molecular weight excluding hydrogens is 224 g/mol. The molecule has 92 valence electrons. The number of halogens is 2. The van der Waals surface area contributed by atoms with Crippen molar-refractivity contribution in [2.24, 2.45) is 0 Å². The third-order valence-corrected chi connectivity index (χ3v) is 2.43. The van der Waals surface area contributed by atoms with Crippen molar-refractivity contribution in [2.75, 3.05) is 7.05 Å². The number of nitrogens with one attached hydrogen (secondary N) is 1. The van der Waals surface area contributed by atoms with Crippen molar-refractivity contribution in [3.05, 3.63) is 29.8 Å². The highest BCUT2D eigenvalue weighted by Gasteiger charge is 2.09. The quantitative estimate of drug-likeness (QED) is 0.771. The summed E-state index contributed by atoms with van der Waals surface area (Å²) in [6.45, 7) is -2.79. The molecule has 0 saturated carbocycles. The predicted molar refractivity (Wildman–Crippen MR) is 62.9 cm³/mol. The van der Waals surface area contributed by atoms with E-state index in [2.05, 4.69) is 16.0 Å². The van der Waals surface area contributed by atoms with Crippen LogP contribution in [-0.4, -0.2) is 13.7 Å². The van der Waals surface area contributed by atoms with E-state index in [1.807, 2.05) is 7.05 Å². The Labute approximate surface area is 100.0 Å². The lowest BCUT2D eigenvalue weighted by atomic mass is 10.0. The fraction of sp³-hybridized carbons (Fsp3) is 0.385. The standard InChI is InChI=1S/C13H15F2NO/c1-3-4-5-12(16-2)10-6-8-11(9-7-10)17-13(14)15/h1,6-9,12-13,16H,4-5H2,2H3. The first-order valence-electron chi connectivity index (χ1n) is 5.33. The third-order valence-electron chi connectivity index (χ3n) is 2.43. The van der Waals surface area contributed by atoms with E-state index in [0.717, 1.165) is 12.0 Å². The van der Waals surface area contributed by atoms with Crippen LogP contribution in [0.5, 0.6) is 5.75 Å². The summed E-state index contributed by atoms with van der Waals surface area (Å²) in [4.78, 5) is 0. The molecule has 0 aromatic heterocycles. The number of hydrogen-bond acceptors (Lipinski definition) is 2. The highest BCUT2D eigenvalue weighted by atomic mass is 19.3. The van der Waals surface area contributed by atoms with E-state index < -0.39 is 6.61 Å². The third kappa shape index (κ3) is 4.41. The van der Waals surface area contributed by atoms with Crippen LogP contribution < -0.4 is 10.1 Å². The zero-order valence-electron chi connectivity index (χ0n) is 9.62. The van der Waals surface area contributed by atoms with Crippen LogP contribution in [0, 0.1) is 12.3 Å². The first-order chi connectivity index (χ1) is 8.17. The maximum absolute atomic E-state index is 12.0. The number of terminal acetylenes is 1. The number of rotatable bonds is 6. The second-order valence-corrected chi connectivity index (χ2v) is 3.53. The van der Waals surface area contributed by atoms with Gasteiger partial charge in [-0.05, 0) is 31.2 Å². The zero-order valence-corrected chi connectivity index (χ0v) is 9.62. The molecule has 0 amide bonds. The van der Waals surface area contributed by atoms with Gasteiger partial charge in [-0.2, -0.15) is 8.78 Å². The average molecular weight is 239 g/mol. The van der Waals surface area contributed by atoms with Crippen LogP contribution in [0.1, 0.15) is 24.4 Å². The maximum atomic E-state index is 12.0. The van der Waals surface area contributed by atoms with Crippen LogP contribution in [0.4, 0.5) is 8.78 Å². The van der Waals surface area contributed by atoms with Gasteiger partial charge in [0.25, 0.3) is 0 Å². The van der Waals surface area contributed by atoms with Crippen molar-refractivity contribution in [2.45, 2.75) is 25.5 Å². The summed E-state index contributed by atoms with van der Waals surface area (Å²) in [5.41, 5.74) is 1.00. The molecule has 1 N–H and O–H groups in total. The molecule has 0 bridgehead atoms. The van der Waals surface area contributed by atoms with Crippen molar-refractivity contribution in [3.8, 4) is 18.1 Å². The molecule has 0 heterocycles. The molecule has 1 rings (SSSR count). The minimum Gasteiger partial charge on any atom is -0.435 e. The summed E-state index contributed by atoms with van der Waals surface area (Å²) in [5, 5.41) is 3.13. The van der Waals surface area contributed by atoms with Crippen molar-refractivity contribution in [3.63, 3.8) is 0 Å². The van der Waals surface area contributed by atoms with Gasteiger partial charge in [-0.1, -0.05) is 12.1 Å². The molecular formula is C13H15F2NO. The molecule has 1 unspecified atom stereocenters. The first-order valence-corrected chi connectivity index (χ1v) is 5.33. The molecule has 0 aliphatic carbocycles. The van der Waals surface area contributed by atoms with E-state index in [0.29, 0.717) is 6.42 Å². The van der Waals surface area contributed by atoms with Crippen molar-refractivity contribution in [1.82, 2.24) is 5.32 Å². The van der Waals surface area contributed by atoms with Crippen molar-refractivity contribution in [1.29, 1.82) is 0 Å². The number of benzene rings is 1. The van der Waals surface area contributed by atoms with E-state index in [1.54, 1.807) is 12.1 Å². The van der Waals surface area contributed by atoms with Crippen LogP contribution in [0.15, 0.2) is 24.3 Å². The monoisotopic (exact) mass is 239 g/mol. The van der Waals surface area contributed by atoms with Crippen LogP contribution >= 0.6 is 0 Å². The molecule has 0 aliphatic rings. The lowest BCUT2D eigenvalue weighted by Gasteiger charge is -2.15. The Morgan fingerprint density at radius 1 is 1.35 bits per heavy atom. The normalized spacial score (nSPS) is 12.2. The van der Waals surface area contributed by atoms with Crippen LogP contribution in [0.25, 0.3) is 0 Å². The Bertz CT molecular complexity index is 370. The van der Waals surface area contributed by atoms with Gasteiger partial charge in [0.15, 0.2) is 0 Å². The Morgan fingerprint density at radius 2 is 2.00 bits per heavy atom. The van der Waals surface area contributed by atoms with Crippen LogP contribution in [0.2, 0.25) is 0 Å². The molecule has 4 heteroatoms. The summed E-state index contributed by atoms with van der Waals surface area (Å²) >= 11 is 0. The van der Waals surface area contributed by atoms with Gasteiger partial charge in [0, 0.05) is 12.5 Å². The molecule has 1 aromatic rings. The SMILES string of the molecule is C#CCCC(NC)c1ccc(OC(F)F)cc1. The minimum absolute atomic E-state index is 0.131. The highest BCUT2D eigenvalue weighted by Crippen LogP contribution is 2.21. The largest absolute Gasteiger partial charge is 0.435 e. The van der Waals surface area contributed by atoms with E-state index in [9.17, 15) is 8.78 Å². The van der Waals surface area contributed by atoms with E-state index >= 15 is 0 Å². The zero-order chi connectivity index (χ0) is 12.7. The second kappa shape index (κ2) is 6.87. The maximum Gasteiger partial charge on any atom is 0.387 e. The predicted octanol–water partition coefficient (Wildman–Crippen LogP) is 2.96. The van der Waals surface area contributed by atoms with E-state index in [1.165, 1.54) is 12.1 Å². The smallest absolute Gasteiger partial charge is 0.387 e. The first kappa shape index (κ1) is 13.5. The van der Waals surface area contributed by atoms with Gasteiger partial charge >= 0.3 is 6.61 Å². The van der Waals surface area contributed by atoms with Gasteiger partial charge in [-0.25, -0.2) is 0 Å². The molecule has 0 radical (unpaired) electrons. The summed E-state index contributed by atoms with van der Waals surface area (Å²) in [5.74, 6) is 2.74. The number of alkyl halides is 2. The molecule has 0 aliphatic heterocycles. The molecule has 0 saturated heterocycles. The molecule has 17 heavy (non-hydrogen) atoms. The van der Waals surface area contributed by atoms with Gasteiger partial charge in [0.2, 0.25) is 0 Å². The topological polar surface area (TPSA) is 21.3 Å². The summed E-state index contributed by atoms with van der Waals surface area (Å²) in [6.07, 6.45) is 6.68. The lowest BCUT2D eigenvalue weighted by molar-refractivity contribution is -0.0498. The van der Waals surface area contributed by atoms with Crippen LogP contribution in [-0.2, 0) is 0 Å². The van der Waals surface area contributed by atoms with Gasteiger partial charge in [0.05, 0.1) is 0 Å². The van der Waals surface area contributed by atoms with E-state index in [4.69, 9.17) is 6.42 Å². The molecule has 1 atom stereocenters.